The van der Waals surface area contributed by atoms with Gasteiger partial charge in [0.1, 0.15) is 11.5 Å². The molecule has 0 fully saturated rings. The van der Waals surface area contributed by atoms with Crippen LogP contribution in [-0.2, 0) is 0 Å². The van der Waals surface area contributed by atoms with Crippen molar-refractivity contribution in [3.8, 4) is 11.5 Å². The van der Waals surface area contributed by atoms with Crippen LogP contribution in [0.2, 0.25) is 0 Å². The fraction of sp³-hybridized carbons (Fsp3) is 0.105. The molecule has 22 heavy (non-hydrogen) atoms. The minimum atomic E-state index is -0.0986. The molecule has 0 aliphatic carbocycles. The Balaban J connectivity index is 1.86. The van der Waals surface area contributed by atoms with Crippen LogP contribution in [0.25, 0.3) is 6.08 Å². The number of ketones is 1. The maximum absolute atomic E-state index is 12.3. The molecule has 0 aromatic heterocycles. The fourth-order valence-corrected chi connectivity index (χ4v) is 2.41. The Hall–Kier alpha value is -2.81. The number of carbonyl (C=O) groups is 1. The molecule has 2 aromatic rings. The van der Waals surface area contributed by atoms with Crippen molar-refractivity contribution in [2.24, 2.45) is 0 Å². The smallest absolute Gasteiger partial charge is 0.231 e. The number of hydrogen-bond acceptors (Lipinski definition) is 3. The number of ether oxygens (including phenoxy) is 2. The van der Waals surface area contributed by atoms with Gasteiger partial charge in [0.2, 0.25) is 5.78 Å². The summed E-state index contributed by atoms with van der Waals surface area (Å²) in [5, 5.41) is 0. The van der Waals surface area contributed by atoms with Crippen LogP contribution in [0.4, 0.5) is 0 Å². The zero-order valence-corrected chi connectivity index (χ0v) is 12.5. The number of carbonyl (C=O) groups excluding carboxylic acids is 1. The highest BCUT2D eigenvalue weighted by atomic mass is 16.5. The number of benzene rings is 2. The molecule has 0 amide bonds. The number of methoxy groups -OCH3 is 1. The molecule has 1 heterocycles. The zero-order chi connectivity index (χ0) is 15.5. The number of Topliss-reactive ketones (excluding diaryl/α,β-unsaturated/α-hetero) is 1. The number of fused-ring (bicyclic) bond motifs is 1. The van der Waals surface area contributed by atoms with Gasteiger partial charge >= 0.3 is 0 Å². The molecular formula is C19H16O3. The Labute approximate surface area is 129 Å². The zero-order valence-electron chi connectivity index (χ0n) is 12.5. The molecule has 1 aliphatic heterocycles. The van der Waals surface area contributed by atoms with E-state index in [4.69, 9.17) is 9.47 Å². The Bertz CT molecular complexity index is 771. The van der Waals surface area contributed by atoms with E-state index in [9.17, 15) is 4.79 Å². The van der Waals surface area contributed by atoms with E-state index in [0.717, 1.165) is 11.1 Å². The molecule has 110 valence electrons. The second-order valence-corrected chi connectivity index (χ2v) is 5.00. The van der Waals surface area contributed by atoms with Crippen LogP contribution in [-0.4, -0.2) is 12.9 Å². The molecule has 3 heteroatoms. The predicted octanol–water partition coefficient (Wildman–Crippen LogP) is 4.18. The Morgan fingerprint density at radius 1 is 1.09 bits per heavy atom. The lowest BCUT2D eigenvalue weighted by Gasteiger charge is -2.07. The van der Waals surface area contributed by atoms with Crippen molar-refractivity contribution < 1.29 is 14.3 Å². The summed E-state index contributed by atoms with van der Waals surface area (Å²) in [5.74, 6) is 1.54. The monoisotopic (exact) mass is 292 g/mol. The molecule has 0 N–H and O–H groups in total. The fourth-order valence-electron chi connectivity index (χ4n) is 2.41. The molecule has 0 saturated carbocycles. The molecule has 0 atom stereocenters. The third-order valence-corrected chi connectivity index (χ3v) is 3.59. The van der Waals surface area contributed by atoms with Crippen LogP contribution >= 0.6 is 0 Å². The van der Waals surface area contributed by atoms with Crippen molar-refractivity contribution in [3.05, 3.63) is 77.1 Å². The molecule has 0 radical (unpaired) electrons. The van der Waals surface area contributed by atoms with E-state index in [2.05, 4.69) is 0 Å². The second-order valence-electron chi connectivity index (χ2n) is 5.00. The van der Waals surface area contributed by atoms with Gasteiger partial charge in [-0.1, -0.05) is 42.5 Å². The molecule has 3 nitrogen and oxygen atoms in total. The van der Waals surface area contributed by atoms with Gasteiger partial charge in [0.25, 0.3) is 0 Å². The van der Waals surface area contributed by atoms with Crippen molar-refractivity contribution in [2.75, 3.05) is 7.11 Å². The lowest BCUT2D eigenvalue weighted by molar-refractivity contribution is 0.101. The van der Waals surface area contributed by atoms with Crippen LogP contribution in [0.3, 0.4) is 0 Å². The molecule has 0 unspecified atom stereocenters. The first-order valence-corrected chi connectivity index (χ1v) is 7.04. The van der Waals surface area contributed by atoms with E-state index in [1.54, 1.807) is 25.3 Å². The van der Waals surface area contributed by atoms with Crippen molar-refractivity contribution in [1.82, 2.24) is 0 Å². The molecule has 0 bridgehead atoms. The third-order valence-electron chi connectivity index (χ3n) is 3.59. The predicted molar refractivity (Wildman–Crippen MR) is 86.2 cm³/mol. The Morgan fingerprint density at radius 2 is 1.86 bits per heavy atom. The van der Waals surface area contributed by atoms with Gasteiger partial charge in [0.15, 0.2) is 5.76 Å². The van der Waals surface area contributed by atoms with Crippen molar-refractivity contribution in [3.63, 3.8) is 0 Å². The summed E-state index contributed by atoms with van der Waals surface area (Å²) in [4.78, 5) is 12.3. The van der Waals surface area contributed by atoms with Gasteiger partial charge in [0.05, 0.1) is 12.7 Å². The van der Waals surface area contributed by atoms with E-state index in [1.807, 2.05) is 49.4 Å². The van der Waals surface area contributed by atoms with E-state index in [-0.39, 0.29) is 5.78 Å². The highest BCUT2D eigenvalue weighted by Gasteiger charge is 2.29. The van der Waals surface area contributed by atoms with Gasteiger partial charge in [-0.05, 0) is 30.7 Å². The number of rotatable bonds is 3. The summed E-state index contributed by atoms with van der Waals surface area (Å²) in [5.41, 5.74) is 2.49. The summed E-state index contributed by atoms with van der Waals surface area (Å²) in [6.07, 6.45) is 5.45. The van der Waals surface area contributed by atoms with E-state index < -0.39 is 0 Å². The van der Waals surface area contributed by atoms with Gasteiger partial charge in [-0.25, -0.2) is 0 Å². The highest BCUT2D eigenvalue weighted by Crippen LogP contribution is 2.38. The summed E-state index contributed by atoms with van der Waals surface area (Å²) >= 11 is 0. The van der Waals surface area contributed by atoms with Gasteiger partial charge < -0.3 is 9.47 Å². The van der Waals surface area contributed by atoms with E-state index >= 15 is 0 Å². The first kappa shape index (κ1) is 14.1. The number of allylic oxidation sites excluding steroid dienone is 3. The topological polar surface area (TPSA) is 35.5 Å². The summed E-state index contributed by atoms with van der Waals surface area (Å²) in [6.45, 7) is 1.88. The molecule has 0 spiro atoms. The first-order chi connectivity index (χ1) is 10.7. The largest absolute Gasteiger partial charge is 0.496 e. The minimum Gasteiger partial charge on any atom is -0.496 e. The average Bonchev–Trinajstić information content (AvgIpc) is 2.87. The molecule has 1 aliphatic rings. The Morgan fingerprint density at radius 3 is 2.59 bits per heavy atom. The lowest BCUT2D eigenvalue weighted by Crippen LogP contribution is -1.97. The quantitative estimate of drug-likeness (QED) is 0.796. The van der Waals surface area contributed by atoms with Crippen molar-refractivity contribution >= 4 is 11.9 Å². The lowest BCUT2D eigenvalue weighted by atomic mass is 10.1. The van der Waals surface area contributed by atoms with Crippen molar-refractivity contribution in [2.45, 2.75) is 6.92 Å². The van der Waals surface area contributed by atoms with Crippen LogP contribution in [0.5, 0.6) is 11.5 Å². The van der Waals surface area contributed by atoms with Gasteiger partial charge in [-0.3, -0.25) is 4.79 Å². The standard InChI is InChI=1S/C19H16O3/c1-13-16(21-2)12-11-15-18(20)17(22-19(13)15)10-6-9-14-7-4-3-5-8-14/h3-12H,1-2H3/b9-6+,17-10-. The second kappa shape index (κ2) is 5.90. The normalized spacial score (nSPS) is 15.2. The van der Waals surface area contributed by atoms with Gasteiger partial charge in [0, 0.05) is 5.56 Å². The summed E-state index contributed by atoms with van der Waals surface area (Å²) < 4.78 is 11.0. The molecule has 0 saturated heterocycles. The summed E-state index contributed by atoms with van der Waals surface area (Å²) in [6, 6.07) is 13.4. The maximum atomic E-state index is 12.3. The summed E-state index contributed by atoms with van der Waals surface area (Å²) in [7, 11) is 1.60. The van der Waals surface area contributed by atoms with Crippen LogP contribution in [0.1, 0.15) is 21.5 Å². The van der Waals surface area contributed by atoms with Gasteiger partial charge in [-0.15, -0.1) is 0 Å². The van der Waals surface area contributed by atoms with E-state index in [1.165, 1.54) is 0 Å². The minimum absolute atomic E-state index is 0.0986. The SMILES string of the molecule is COc1ccc2c(c1C)O/C(=C\C=C\c1ccccc1)C2=O. The van der Waals surface area contributed by atoms with E-state index in [0.29, 0.717) is 22.8 Å². The van der Waals surface area contributed by atoms with Crippen molar-refractivity contribution in [1.29, 1.82) is 0 Å². The van der Waals surface area contributed by atoms with Crippen LogP contribution in [0.15, 0.2) is 60.4 Å². The van der Waals surface area contributed by atoms with Crippen LogP contribution in [0, 0.1) is 6.92 Å². The third kappa shape index (κ3) is 2.53. The average molecular weight is 292 g/mol. The van der Waals surface area contributed by atoms with Crippen LogP contribution < -0.4 is 9.47 Å². The maximum Gasteiger partial charge on any atom is 0.231 e. The van der Waals surface area contributed by atoms with Gasteiger partial charge in [-0.2, -0.15) is 0 Å². The first-order valence-electron chi connectivity index (χ1n) is 7.04. The molecule has 3 rings (SSSR count). The molecular weight excluding hydrogens is 276 g/mol. The molecule has 2 aromatic carbocycles. The highest BCUT2D eigenvalue weighted by molar-refractivity contribution is 6.12. The Kier molecular flexibility index (Phi) is 3.79. The number of hydrogen-bond donors (Lipinski definition) is 0.